The van der Waals surface area contributed by atoms with E-state index >= 15 is 0 Å². The number of halogens is 1. The summed E-state index contributed by atoms with van der Waals surface area (Å²) in [6.45, 7) is 8.24. The molecule has 88 valence electrons. The van der Waals surface area contributed by atoms with Crippen molar-refractivity contribution in [2.24, 2.45) is 0 Å². The van der Waals surface area contributed by atoms with Crippen molar-refractivity contribution in [3.63, 3.8) is 0 Å². The summed E-state index contributed by atoms with van der Waals surface area (Å²) in [5.41, 5.74) is 1.25. The zero-order valence-electron chi connectivity index (χ0n) is 9.63. The Kier molecular flexibility index (Phi) is 6.85. The first-order valence-corrected chi connectivity index (χ1v) is 7.26. The van der Waals surface area contributed by atoms with Crippen LogP contribution in [-0.4, -0.2) is 18.8 Å². The van der Waals surface area contributed by atoms with Gasteiger partial charge in [0.2, 0.25) is 0 Å². The highest BCUT2D eigenvalue weighted by Gasteiger charge is 1.98. The van der Waals surface area contributed by atoms with Crippen LogP contribution in [0.4, 0.5) is 0 Å². The maximum Gasteiger partial charge on any atom is 0.0200 e. The fraction of sp³-hybridized carbons (Fsp3) is 0.385. The monoisotopic (exact) mass is 299 g/mol. The minimum Gasteiger partial charge on any atom is -0.313 e. The van der Waals surface area contributed by atoms with Gasteiger partial charge in [-0.25, -0.2) is 0 Å². The first-order chi connectivity index (χ1) is 7.72. The smallest absolute Gasteiger partial charge is 0.0200 e. The molecule has 1 N–H and O–H groups in total. The summed E-state index contributed by atoms with van der Waals surface area (Å²) in [6.07, 6.45) is 1.17. The van der Waals surface area contributed by atoms with Gasteiger partial charge in [-0.1, -0.05) is 41.1 Å². The van der Waals surface area contributed by atoms with Crippen LogP contribution in [0.3, 0.4) is 0 Å². The Bertz CT molecular complexity index is 338. The van der Waals surface area contributed by atoms with Crippen molar-refractivity contribution >= 4 is 27.7 Å². The van der Waals surface area contributed by atoms with E-state index in [4.69, 9.17) is 0 Å². The molecule has 3 heteroatoms. The molecule has 0 aliphatic carbocycles. The van der Waals surface area contributed by atoms with Crippen LogP contribution in [0.5, 0.6) is 0 Å². The first-order valence-electron chi connectivity index (χ1n) is 5.48. The predicted octanol–water partition coefficient (Wildman–Crippen LogP) is 4.10. The standard InChI is InChI=1S/C13H18BrNS/c1-3-7-15-9-11(2)10-16-13-6-4-5-12(14)8-13/h4-6,8,15H,2-3,7,9-10H2,1H3. The molecule has 1 nitrogen and oxygen atoms in total. The van der Waals surface area contributed by atoms with Crippen LogP contribution in [-0.2, 0) is 0 Å². The van der Waals surface area contributed by atoms with Crippen molar-refractivity contribution < 1.29 is 0 Å². The van der Waals surface area contributed by atoms with Gasteiger partial charge in [-0.2, -0.15) is 0 Å². The Balaban J connectivity index is 2.26. The zero-order valence-corrected chi connectivity index (χ0v) is 12.0. The molecule has 0 saturated carbocycles. The Labute approximate surface area is 111 Å². The second-order valence-corrected chi connectivity index (χ2v) is 5.64. The van der Waals surface area contributed by atoms with Gasteiger partial charge in [-0.15, -0.1) is 11.8 Å². The number of hydrogen-bond donors (Lipinski definition) is 1. The number of benzene rings is 1. The molecule has 1 aromatic rings. The largest absolute Gasteiger partial charge is 0.313 e. The average molecular weight is 300 g/mol. The van der Waals surface area contributed by atoms with E-state index in [0.717, 1.165) is 23.3 Å². The van der Waals surface area contributed by atoms with Crippen LogP contribution in [0, 0.1) is 0 Å². The van der Waals surface area contributed by atoms with Crippen LogP contribution in [0.25, 0.3) is 0 Å². The van der Waals surface area contributed by atoms with E-state index in [-0.39, 0.29) is 0 Å². The molecule has 0 radical (unpaired) electrons. The van der Waals surface area contributed by atoms with E-state index in [1.54, 1.807) is 0 Å². The van der Waals surface area contributed by atoms with E-state index < -0.39 is 0 Å². The molecule has 0 amide bonds. The van der Waals surface area contributed by atoms with E-state index in [1.165, 1.54) is 16.9 Å². The third kappa shape index (κ3) is 5.73. The molecular formula is C13H18BrNS. The summed E-state index contributed by atoms with van der Waals surface area (Å²) in [6, 6.07) is 8.37. The molecule has 0 atom stereocenters. The van der Waals surface area contributed by atoms with Gasteiger partial charge in [0, 0.05) is 21.7 Å². The molecule has 0 saturated heterocycles. The van der Waals surface area contributed by atoms with Crippen molar-refractivity contribution in [1.82, 2.24) is 5.32 Å². The molecule has 0 spiro atoms. The van der Waals surface area contributed by atoms with Crippen LogP contribution >= 0.6 is 27.7 Å². The Morgan fingerprint density at radius 3 is 3.00 bits per heavy atom. The van der Waals surface area contributed by atoms with Crippen LogP contribution in [0.15, 0.2) is 45.8 Å². The fourth-order valence-electron chi connectivity index (χ4n) is 1.24. The van der Waals surface area contributed by atoms with E-state index in [2.05, 4.69) is 52.9 Å². The van der Waals surface area contributed by atoms with E-state index in [0.29, 0.717) is 0 Å². The molecule has 0 aliphatic heterocycles. The molecule has 0 heterocycles. The van der Waals surface area contributed by atoms with Gasteiger partial charge in [0.1, 0.15) is 0 Å². The maximum atomic E-state index is 4.07. The fourth-order valence-corrected chi connectivity index (χ4v) is 2.64. The van der Waals surface area contributed by atoms with Gasteiger partial charge in [-0.05, 0) is 31.2 Å². The second-order valence-electron chi connectivity index (χ2n) is 3.67. The highest BCUT2D eigenvalue weighted by atomic mass is 79.9. The molecule has 1 aromatic carbocycles. The summed E-state index contributed by atoms with van der Waals surface area (Å²) in [4.78, 5) is 1.28. The SMILES string of the molecule is C=C(CNCCC)CSc1cccc(Br)c1. The summed E-state index contributed by atoms with van der Waals surface area (Å²) >= 11 is 5.30. The molecule has 1 rings (SSSR count). The number of rotatable bonds is 7. The lowest BCUT2D eigenvalue weighted by Gasteiger charge is -2.07. The zero-order chi connectivity index (χ0) is 11.8. The van der Waals surface area contributed by atoms with Crippen molar-refractivity contribution in [2.45, 2.75) is 18.2 Å². The summed E-state index contributed by atoms with van der Waals surface area (Å²) in [5.74, 6) is 0.979. The number of thioether (sulfide) groups is 1. The highest BCUT2D eigenvalue weighted by Crippen LogP contribution is 2.23. The molecule has 0 aliphatic rings. The minimum absolute atomic E-state index is 0.925. The number of hydrogen-bond acceptors (Lipinski definition) is 2. The topological polar surface area (TPSA) is 12.0 Å². The third-order valence-corrected chi connectivity index (χ3v) is 3.67. The third-order valence-electron chi connectivity index (χ3n) is 2.04. The Morgan fingerprint density at radius 2 is 2.31 bits per heavy atom. The van der Waals surface area contributed by atoms with Gasteiger partial charge < -0.3 is 5.32 Å². The van der Waals surface area contributed by atoms with E-state index in [9.17, 15) is 0 Å². The average Bonchev–Trinajstić information content (AvgIpc) is 2.27. The molecule has 0 bridgehead atoms. The van der Waals surface area contributed by atoms with Crippen LogP contribution in [0.1, 0.15) is 13.3 Å². The lowest BCUT2D eigenvalue weighted by Crippen LogP contribution is -2.18. The summed E-state index contributed by atoms with van der Waals surface area (Å²) < 4.78 is 1.13. The van der Waals surface area contributed by atoms with Crippen LogP contribution < -0.4 is 5.32 Å². The lowest BCUT2D eigenvalue weighted by molar-refractivity contribution is 0.716. The van der Waals surface area contributed by atoms with Gasteiger partial charge in [-0.3, -0.25) is 0 Å². The molecular weight excluding hydrogens is 282 g/mol. The second kappa shape index (κ2) is 7.93. The minimum atomic E-state index is 0.925. The van der Waals surface area contributed by atoms with Crippen LogP contribution in [0.2, 0.25) is 0 Å². The summed E-state index contributed by atoms with van der Waals surface area (Å²) in [5, 5.41) is 3.36. The Hall–Kier alpha value is -0.250. The maximum absolute atomic E-state index is 4.07. The van der Waals surface area contributed by atoms with Gasteiger partial charge in [0.15, 0.2) is 0 Å². The van der Waals surface area contributed by atoms with Crippen molar-refractivity contribution in [2.75, 3.05) is 18.8 Å². The number of nitrogens with one attached hydrogen (secondary N) is 1. The van der Waals surface area contributed by atoms with Gasteiger partial charge in [0.25, 0.3) is 0 Å². The van der Waals surface area contributed by atoms with Crippen molar-refractivity contribution in [3.05, 3.63) is 40.9 Å². The van der Waals surface area contributed by atoms with E-state index in [1.807, 2.05) is 17.8 Å². The normalized spacial score (nSPS) is 10.4. The highest BCUT2D eigenvalue weighted by molar-refractivity contribution is 9.10. The molecule has 16 heavy (non-hydrogen) atoms. The van der Waals surface area contributed by atoms with Crippen molar-refractivity contribution in [3.8, 4) is 0 Å². The quantitative estimate of drug-likeness (QED) is 0.462. The lowest BCUT2D eigenvalue weighted by atomic mass is 10.3. The first kappa shape index (κ1) is 13.8. The van der Waals surface area contributed by atoms with Gasteiger partial charge >= 0.3 is 0 Å². The Morgan fingerprint density at radius 1 is 1.50 bits per heavy atom. The van der Waals surface area contributed by atoms with Gasteiger partial charge in [0.05, 0.1) is 0 Å². The molecule has 0 aromatic heterocycles. The molecule has 0 unspecified atom stereocenters. The van der Waals surface area contributed by atoms with Crippen molar-refractivity contribution in [1.29, 1.82) is 0 Å². The molecule has 0 fully saturated rings. The summed E-state index contributed by atoms with van der Waals surface area (Å²) in [7, 11) is 0. The predicted molar refractivity (Wildman–Crippen MR) is 77.2 cm³/mol.